The molecule has 1 nitrogen and oxygen atoms in total. The minimum absolute atomic E-state index is 0. The van der Waals surface area contributed by atoms with E-state index in [1.165, 1.54) is 12.1 Å². The Labute approximate surface area is 78.2 Å². The first-order valence-corrected chi connectivity index (χ1v) is 3.68. The van der Waals surface area contributed by atoms with Gasteiger partial charge in [0.15, 0.2) is 0 Å². The summed E-state index contributed by atoms with van der Waals surface area (Å²) in [4.78, 5) is 0. The van der Waals surface area contributed by atoms with Gasteiger partial charge >= 0.3 is 0 Å². The fourth-order valence-electron chi connectivity index (χ4n) is 1.12. The van der Waals surface area contributed by atoms with Crippen molar-refractivity contribution >= 4 is 12.4 Å². The summed E-state index contributed by atoms with van der Waals surface area (Å²) in [5.41, 5.74) is 7.27. The van der Waals surface area contributed by atoms with Gasteiger partial charge in [-0.1, -0.05) is 6.07 Å². The Hall–Kier alpha value is -0.600. The van der Waals surface area contributed by atoms with Gasteiger partial charge in [-0.25, -0.2) is 4.39 Å². The smallest absolute Gasteiger partial charge is 0.123 e. The normalized spacial score (nSPS) is 9.25. The molecule has 0 atom stereocenters. The summed E-state index contributed by atoms with van der Waals surface area (Å²) in [6.45, 7) is 2.45. The SMILES string of the molecule is Cc1cc(F)cc(CCN)c1.Cl. The maximum atomic E-state index is 12.7. The molecular weight excluding hydrogens is 177 g/mol. The first-order chi connectivity index (χ1) is 5.22. The van der Waals surface area contributed by atoms with Crippen molar-refractivity contribution in [1.82, 2.24) is 0 Å². The Morgan fingerprint density at radius 3 is 2.50 bits per heavy atom. The van der Waals surface area contributed by atoms with E-state index in [2.05, 4.69) is 0 Å². The highest BCUT2D eigenvalue weighted by Gasteiger charge is 1.95. The van der Waals surface area contributed by atoms with Crippen LogP contribution in [0, 0.1) is 12.7 Å². The number of aryl methyl sites for hydroxylation is 1. The third kappa shape index (κ3) is 3.20. The molecule has 0 fully saturated rings. The Kier molecular flexibility index (Phi) is 4.86. The predicted molar refractivity (Wildman–Crippen MR) is 51.1 cm³/mol. The number of rotatable bonds is 2. The second-order valence-corrected chi connectivity index (χ2v) is 2.68. The van der Waals surface area contributed by atoms with Crippen molar-refractivity contribution in [3.63, 3.8) is 0 Å². The fraction of sp³-hybridized carbons (Fsp3) is 0.333. The fourth-order valence-corrected chi connectivity index (χ4v) is 1.12. The van der Waals surface area contributed by atoms with E-state index in [-0.39, 0.29) is 18.2 Å². The molecule has 0 saturated carbocycles. The first kappa shape index (κ1) is 11.4. The van der Waals surface area contributed by atoms with Crippen LogP contribution < -0.4 is 5.73 Å². The molecule has 0 amide bonds. The lowest BCUT2D eigenvalue weighted by Gasteiger charge is -2.00. The molecule has 0 spiro atoms. The molecule has 0 bridgehead atoms. The third-order valence-electron chi connectivity index (χ3n) is 1.53. The average molecular weight is 190 g/mol. The van der Waals surface area contributed by atoms with Crippen molar-refractivity contribution in [3.8, 4) is 0 Å². The molecule has 0 heterocycles. The van der Waals surface area contributed by atoms with Crippen LogP contribution >= 0.6 is 12.4 Å². The van der Waals surface area contributed by atoms with Crippen LogP contribution in [0.3, 0.4) is 0 Å². The van der Waals surface area contributed by atoms with E-state index >= 15 is 0 Å². The minimum Gasteiger partial charge on any atom is -0.330 e. The van der Waals surface area contributed by atoms with Crippen molar-refractivity contribution < 1.29 is 4.39 Å². The van der Waals surface area contributed by atoms with Crippen LogP contribution in [0.2, 0.25) is 0 Å². The molecule has 1 rings (SSSR count). The lowest BCUT2D eigenvalue weighted by molar-refractivity contribution is 0.624. The lowest BCUT2D eigenvalue weighted by atomic mass is 10.1. The molecule has 0 unspecified atom stereocenters. The van der Waals surface area contributed by atoms with E-state index in [1.54, 1.807) is 0 Å². The van der Waals surface area contributed by atoms with E-state index in [9.17, 15) is 4.39 Å². The summed E-state index contributed by atoms with van der Waals surface area (Å²) in [5.74, 6) is -0.173. The zero-order valence-electron chi connectivity index (χ0n) is 7.01. The highest BCUT2D eigenvalue weighted by molar-refractivity contribution is 5.85. The summed E-state index contributed by atoms with van der Waals surface area (Å²) in [6, 6.07) is 5.00. The molecule has 3 heteroatoms. The molecule has 12 heavy (non-hydrogen) atoms. The van der Waals surface area contributed by atoms with E-state index in [0.717, 1.165) is 17.5 Å². The second-order valence-electron chi connectivity index (χ2n) is 2.68. The standard InChI is InChI=1S/C9H12FN.ClH/c1-7-4-8(2-3-11)6-9(10)5-7;/h4-6H,2-3,11H2,1H3;1H. The van der Waals surface area contributed by atoms with Crippen LogP contribution in [-0.4, -0.2) is 6.54 Å². The molecule has 1 aromatic rings. The average Bonchev–Trinajstić information content (AvgIpc) is 1.85. The van der Waals surface area contributed by atoms with Crippen LogP contribution in [0.25, 0.3) is 0 Å². The Balaban J connectivity index is 0.00000121. The number of nitrogens with two attached hydrogens (primary N) is 1. The first-order valence-electron chi connectivity index (χ1n) is 3.68. The monoisotopic (exact) mass is 189 g/mol. The van der Waals surface area contributed by atoms with Crippen LogP contribution in [-0.2, 0) is 6.42 Å². The molecule has 0 aliphatic heterocycles. The van der Waals surface area contributed by atoms with Gasteiger partial charge < -0.3 is 5.73 Å². The maximum absolute atomic E-state index is 12.7. The summed E-state index contributed by atoms with van der Waals surface area (Å²) < 4.78 is 12.7. The van der Waals surface area contributed by atoms with E-state index < -0.39 is 0 Å². The van der Waals surface area contributed by atoms with Gasteiger partial charge in [0, 0.05) is 0 Å². The zero-order chi connectivity index (χ0) is 8.27. The molecule has 0 saturated heterocycles. The quantitative estimate of drug-likeness (QED) is 0.758. The molecule has 0 aromatic heterocycles. The van der Waals surface area contributed by atoms with Crippen LogP contribution in [0.15, 0.2) is 18.2 Å². The Bertz CT molecular complexity index is 230. The molecule has 0 aliphatic rings. The topological polar surface area (TPSA) is 26.0 Å². The lowest BCUT2D eigenvalue weighted by Crippen LogP contribution is -2.03. The number of hydrogen-bond acceptors (Lipinski definition) is 1. The number of benzene rings is 1. The van der Waals surface area contributed by atoms with E-state index in [1.807, 2.05) is 13.0 Å². The number of halogens is 2. The van der Waals surface area contributed by atoms with Crippen molar-refractivity contribution in [2.75, 3.05) is 6.54 Å². The van der Waals surface area contributed by atoms with Gasteiger partial charge in [-0.15, -0.1) is 12.4 Å². The van der Waals surface area contributed by atoms with Gasteiger partial charge in [-0.3, -0.25) is 0 Å². The van der Waals surface area contributed by atoms with Gasteiger partial charge in [-0.2, -0.15) is 0 Å². The van der Waals surface area contributed by atoms with Gasteiger partial charge in [0.05, 0.1) is 0 Å². The molecule has 0 aliphatic carbocycles. The van der Waals surface area contributed by atoms with Crippen LogP contribution in [0.5, 0.6) is 0 Å². The van der Waals surface area contributed by atoms with Crippen molar-refractivity contribution in [1.29, 1.82) is 0 Å². The molecular formula is C9H13ClFN. The Morgan fingerprint density at radius 2 is 2.00 bits per heavy atom. The van der Waals surface area contributed by atoms with Gasteiger partial charge in [-0.05, 0) is 43.1 Å². The number of hydrogen-bond donors (Lipinski definition) is 1. The molecule has 1 aromatic carbocycles. The predicted octanol–water partition coefficient (Wildman–Crippen LogP) is 2.06. The molecule has 2 N–H and O–H groups in total. The second kappa shape index (κ2) is 5.12. The highest BCUT2D eigenvalue weighted by Crippen LogP contribution is 2.07. The Morgan fingerprint density at radius 1 is 1.33 bits per heavy atom. The molecule has 68 valence electrons. The van der Waals surface area contributed by atoms with Gasteiger partial charge in [0.2, 0.25) is 0 Å². The van der Waals surface area contributed by atoms with Crippen molar-refractivity contribution in [2.24, 2.45) is 5.73 Å². The summed E-state index contributed by atoms with van der Waals surface area (Å²) in [5, 5.41) is 0. The highest BCUT2D eigenvalue weighted by atomic mass is 35.5. The van der Waals surface area contributed by atoms with Crippen molar-refractivity contribution in [2.45, 2.75) is 13.3 Å². The zero-order valence-corrected chi connectivity index (χ0v) is 7.83. The van der Waals surface area contributed by atoms with Gasteiger partial charge in [0.25, 0.3) is 0 Å². The largest absolute Gasteiger partial charge is 0.330 e. The third-order valence-corrected chi connectivity index (χ3v) is 1.53. The van der Waals surface area contributed by atoms with E-state index in [0.29, 0.717) is 6.54 Å². The van der Waals surface area contributed by atoms with Crippen LogP contribution in [0.4, 0.5) is 4.39 Å². The maximum Gasteiger partial charge on any atom is 0.123 e. The van der Waals surface area contributed by atoms with E-state index in [4.69, 9.17) is 5.73 Å². The summed E-state index contributed by atoms with van der Waals surface area (Å²) >= 11 is 0. The summed E-state index contributed by atoms with van der Waals surface area (Å²) in [7, 11) is 0. The minimum atomic E-state index is -0.173. The van der Waals surface area contributed by atoms with Gasteiger partial charge in [0.1, 0.15) is 5.82 Å². The summed E-state index contributed by atoms with van der Waals surface area (Å²) in [6.07, 6.45) is 0.749. The van der Waals surface area contributed by atoms with Crippen LogP contribution in [0.1, 0.15) is 11.1 Å². The van der Waals surface area contributed by atoms with Crippen molar-refractivity contribution in [3.05, 3.63) is 35.1 Å². The molecule has 0 radical (unpaired) electrons.